The molecule has 0 bridgehead atoms. The molecule has 0 saturated heterocycles. The molecule has 2 N–H and O–H groups in total. The Balaban J connectivity index is 2.93. The van der Waals surface area contributed by atoms with E-state index in [-0.39, 0.29) is 11.5 Å². The van der Waals surface area contributed by atoms with Crippen molar-refractivity contribution in [3.05, 3.63) is 16.1 Å². The number of hydrogen-bond acceptors (Lipinski definition) is 4. The third-order valence-corrected chi connectivity index (χ3v) is 4.06. The van der Waals surface area contributed by atoms with Crippen LogP contribution >= 0.6 is 11.3 Å². The Labute approximate surface area is 112 Å². The van der Waals surface area contributed by atoms with Crippen LogP contribution in [0.3, 0.4) is 0 Å². The summed E-state index contributed by atoms with van der Waals surface area (Å²) in [6.45, 7) is 10.2. The van der Waals surface area contributed by atoms with Gasteiger partial charge in [-0.25, -0.2) is 4.98 Å². The zero-order valence-corrected chi connectivity index (χ0v) is 12.5. The molecule has 0 aromatic carbocycles. The number of thiazole rings is 1. The Morgan fingerprint density at radius 1 is 1.56 bits per heavy atom. The Kier molecular flexibility index (Phi) is 4.87. The Bertz CT molecular complexity index is 409. The van der Waals surface area contributed by atoms with Gasteiger partial charge in [0.25, 0.3) is 0 Å². The fourth-order valence-corrected chi connectivity index (χ4v) is 2.38. The average molecular weight is 270 g/mol. The van der Waals surface area contributed by atoms with Gasteiger partial charge in [-0.2, -0.15) is 0 Å². The summed E-state index contributed by atoms with van der Waals surface area (Å²) in [5.74, 6) is -0.874. The average Bonchev–Trinajstić information content (AvgIpc) is 2.73. The number of aromatic nitrogens is 1. The Morgan fingerprint density at radius 2 is 2.17 bits per heavy atom. The van der Waals surface area contributed by atoms with Crippen LogP contribution in [-0.4, -0.2) is 22.1 Å². The van der Waals surface area contributed by atoms with Crippen molar-refractivity contribution in [2.45, 2.75) is 58.5 Å². The van der Waals surface area contributed by atoms with E-state index in [1.165, 1.54) is 11.3 Å². The molecule has 5 heteroatoms. The number of carbonyl (C=O) groups is 1. The molecule has 4 nitrogen and oxygen atoms in total. The molecule has 0 aliphatic rings. The number of nitrogens with one attached hydrogen (secondary N) is 1. The quantitative estimate of drug-likeness (QED) is 0.863. The summed E-state index contributed by atoms with van der Waals surface area (Å²) in [5.41, 5.74) is 0.570. The van der Waals surface area contributed by atoms with E-state index in [4.69, 9.17) is 0 Å². The van der Waals surface area contributed by atoms with Gasteiger partial charge in [0.1, 0.15) is 6.04 Å². The predicted molar refractivity (Wildman–Crippen MR) is 74.1 cm³/mol. The fraction of sp³-hybridized carbons (Fsp3) is 0.692. The second-order valence-corrected chi connectivity index (χ2v) is 6.43. The van der Waals surface area contributed by atoms with Crippen LogP contribution in [0.2, 0.25) is 0 Å². The van der Waals surface area contributed by atoms with Crippen LogP contribution in [0.5, 0.6) is 0 Å². The van der Waals surface area contributed by atoms with Gasteiger partial charge in [-0.05, 0) is 13.3 Å². The third kappa shape index (κ3) is 3.78. The lowest BCUT2D eigenvalue weighted by molar-refractivity contribution is -0.140. The van der Waals surface area contributed by atoms with Gasteiger partial charge in [-0.1, -0.05) is 27.7 Å². The highest BCUT2D eigenvalue weighted by atomic mass is 32.1. The molecule has 2 unspecified atom stereocenters. The SMILES string of the molecule is CCC(C)NC(C(=O)O)c1csc(C(C)(C)C)n1. The van der Waals surface area contributed by atoms with Crippen LogP contribution in [0, 0.1) is 0 Å². The maximum atomic E-state index is 11.3. The molecular weight excluding hydrogens is 248 g/mol. The minimum atomic E-state index is -0.874. The first-order valence-electron chi connectivity index (χ1n) is 6.20. The number of hydrogen-bond donors (Lipinski definition) is 2. The maximum Gasteiger partial charge on any atom is 0.327 e. The second kappa shape index (κ2) is 5.80. The van der Waals surface area contributed by atoms with E-state index in [1.54, 1.807) is 0 Å². The van der Waals surface area contributed by atoms with Crippen molar-refractivity contribution in [3.63, 3.8) is 0 Å². The summed E-state index contributed by atoms with van der Waals surface area (Å²) < 4.78 is 0. The van der Waals surface area contributed by atoms with Gasteiger partial charge in [0.05, 0.1) is 10.7 Å². The predicted octanol–water partition coefficient (Wildman–Crippen LogP) is 2.95. The summed E-state index contributed by atoms with van der Waals surface area (Å²) in [6.07, 6.45) is 0.889. The molecule has 1 heterocycles. The summed E-state index contributed by atoms with van der Waals surface area (Å²) in [5, 5.41) is 15.2. The highest BCUT2D eigenvalue weighted by Crippen LogP contribution is 2.28. The van der Waals surface area contributed by atoms with E-state index in [0.717, 1.165) is 11.4 Å². The molecule has 0 saturated carbocycles. The van der Waals surface area contributed by atoms with Gasteiger partial charge in [0, 0.05) is 16.8 Å². The van der Waals surface area contributed by atoms with E-state index >= 15 is 0 Å². The zero-order chi connectivity index (χ0) is 13.9. The molecule has 1 aromatic rings. The maximum absolute atomic E-state index is 11.3. The molecule has 0 aliphatic carbocycles. The lowest BCUT2D eigenvalue weighted by atomic mass is 9.98. The van der Waals surface area contributed by atoms with Crippen LogP contribution in [0.25, 0.3) is 0 Å². The minimum Gasteiger partial charge on any atom is -0.480 e. The molecule has 0 spiro atoms. The van der Waals surface area contributed by atoms with Gasteiger partial charge < -0.3 is 5.11 Å². The van der Waals surface area contributed by atoms with E-state index in [2.05, 4.69) is 31.1 Å². The monoisotopic (exact) mass is 270 g/mol. The Morgan fingerprint density at radius 3 is 2.56 bits per heavy atom. The summed E-state index contributed by atoms with van der Waals surface area (Å²) in [6, 6.07) is -0.557. The van der Waals surface area contributed by atoms with Gasteiger partial charge in [-0.3, -0.25) is 10.1 Å². The number of nitrogens with zero attached hydrogens (tertiary/aromatic N) is 1. The molecule has 1 rings (SSSR count). The van der Waals surface area contributed by atoms with Gasteiger partial charge in [0.2, 0.25) is 0 Å². The summed E-state index contributed by atoms with van der Waals surface area (Å²) in [4.78, 5) is 15.8. The first kappa shape index (κ1) is 15.1. The van der Waals surface area contributed by atoms with E-state index < -0.39 is 12.0 Å². The first-order chi connectivity index (χ1) is 8.25. The lowest BCUT2D eigenvalue weighted by Gasteiger charge is -2.18. The summed E-state index contributed by atoms with van der Waals surface area (Å²) in [7, 11) is 0. The molecule has 0 aliphatic heterocycles. The second-order valence-electron chi connectivity index (χ2n) is 5.57. The van der Waals surface area contributed by atoms with E-state index in [9.17, 15) is 9.90 Å². The smallest absolute Gasteiger partial charge is 0.327 e. The first-order valence-corrected chi connectivity index (χ1v) is 7.08. The van der Waals surface area contributed by atoms with E-state index in [1.807, 2.05) is 19.2 Å². The zero-order valence-electron chi connectivity index (χ0n) is 11.7. The van der Waals surface area contributed by atoms with Crippen LogP contribution < -0.4 is 5.32 Å². The Hall–Kier alpha value is -0.940. The lowest BCUT2D eigenvalue weighted by Crippen LogP contribution is -2.35. The highest BCUT2D eigenvalue weighted by Gasteiger charge is 2.26. The number of carboxylic acids is 1. The van der Waals surface area contributed by atoms with Crippen molar-refractivity contribution in [1.29, 1.82) is 0 Å². The topological polar surface area (TPSA) is 62.2 Å². The third-order valence-electron chi connectivity index (χ3n) is 2.77. The van der Waals surface area contributed by atoms with Crippen LogP contribution in [-0.2, 0) is 10.2 Å². The normalized spacial score (nSPS) is 15.4. The number of carboxylic acid groups (broad SMARTS) is 1. The van der Waals surface area contributed by atoms with Crippen LogP contribution in [0.15, 0.2) is 5.38 Å². The van der Waals surface area contributed by atoms with Gasteiger partial charge in [0.15, 0.2) is 0 Å². The van der Waals surface area contributed by atoms with Crippen LogP contribution in [0.1, 0.15) is 57.8 Å². The molecule has 0 fully saturated rings. The molecule has 102 valence electrons. The van der Waals surface area contributed by atoms with Crippen molar-refractivity contribution in [3.8, 4) is 0 Å². The minimum absolute atomic E-state index is 0.0393. The molecule has 0 radical (unpaired) electrons. The van der Waals surface area contributed by atoms with Crippen molar-refractivity contribution < 1.29 is 9.90 Å². The fourth-order valence-electron chi connectivity index (χ4n) is 1.45. The van der Waals surface area contributed by atoms with Gasteiger partial charge in [-0.15, -0.1) is 11.3 Å². The van der Waals surface area contributed by atoms with Crippen molar-refractivity contribution in [1.82, 2.24) is 10.3 Å². The molecule has 18 heavy (non-hydrogen) atoms. The highest BCUT2D eigenvalue weighted by molar-refractivity contribution is 7.09. The standard InChI is InChI=1S/C13H22N2O2S/c1-6-8(2)14-10(11(16)17)9-7-18-12(15-9)13(3,4)5/h7-8,10,14H,6H2,1-5H3,(H,16,17). The molecular formula is C13H22N2O2S. The van der Waals surface area contributed by atoms with Crippen molar-refractivity contribution in [2.24, 2.45) is 0 Å². The molecule has 0 amide bonds. The van der Waals surface area contributed by atoms with Crippen molar-refractivity contribution >= 4 is 17.3 Å². The van der Waals surface area contributed by atoms with E-state index in [0.29, 0.717) is 5.69 Å². The number of rotatable bonds is 5. The number of aliphatic carboxylic acids is 1. The van der Waals surface area contributed by atoms with Crippen LogP contribution in [0.4, 0.5) is 0 Å². The molecule has 1 aromatic heterocycles. The largest absolute Gasteiger partial charge is 0.480 e. The van der Waals surface area contributed by atoms with Gasteiger partial charge >= 0.3 is 5.97 Å². The molecule has 2 atom stereocenters. The summed E-state index contributed by atoms with van der Waals surface area (Å²) >= 11 is 1.52. The van der Waals surface area contributed by atoms with Crippen molar-refractivity contribution in [2.75, 3.05) is 0 Å².